The molecule has 0 unspecified atom stereocenters. The number of aromatic nitrogens is 2. The Morgan fingerprint density at radius 1 is 1.43 bits per heavy atom. The molecule has 1 aromatic heterocycles. The van der Waals surface area contributed by atoms with E-state index in [-0.39, 0.29) is 11.9 Å². The van der Waals surface area contributed by atoms with Crippen LogP contribution in [-0.4, -0.2) is 33.4 Å². The number of fused-ring (bicyclic) bond motifs is 1. The highest BCUT2D eigenvalue weighted by atomic mass is 79.9. The topological polar surface area (TPSA) is 50.2 Å². The zero-order chi connectivity index (χ0) is 16.4. The third-order valence-electron chi connectivity index (χ3n) is 4.01. The molecule has 2 aromatic rings. The molecule has 1 amide bonds. The highest BCUT2D eigenvalue weighted by molar-refractivity contribution is 9.10. The predicted molar refractivity (Wildman–Crippen MR) is 93.2 cm³/mol. The van der Waals surface area contributed by atoms with Crippen molar-refractivity contribution in [1.29, 1.82) is 0 Å². The van der Waals surface area contributed by atoms with E-state index in [9.17, 15) is 4.79 Å². The summed E-state index contributed by atoms with van der Waals surface area (Å²) >= 11 is 9.65. The van der Waals surface area contributed by atoms with E-state index in [1.165, 1.54) is 0 Å². The van der Waals surface area contributed by atoms with E-state index in [2.05, 4.69) is 35.7 Å². The molecule has 0 aliphatic carbocycles. The van der Waals surface area contributed by atoms with Crippen molar-refractivity contribution in [3.8, 4) is 0 Å². The van der Waals surface area contributed by atoms with Gasteiger partial charge in [-0.1, -0.05) is 29.8 Å². The van der Waals surface area contributed by atoms with Gasteiger partial charge in [-0.05, 0) is 34.5 Å². The van der Waals surface area contributed by atoms with Crippen LogP contribution in [0.3, 0.4) is 0 Å². The minimum atomic E-state index is -0.114. The summed E-state index contributed by atoms with van der Waals surface area (Å²) in [6, 6.07) is 7.46. The average molecular weight is 398 g/mol. The van der Waals surface area contributed by atoms with E-state index >= 15 is 0 Å². The van der Waals surface area contributed by atoms with Gasteiger partial charge in [-0.2, -0.15) is 0 Å². The molecule has 1 N–H and O–H groups in total. The second-order valence-electron chi connectivity index (χ2n) is 5.67. The van der Waals surface area contributed by atoms with E-state index in [4.69, 9.17) is 11.6 Å². The first kappa shape index (κ1) is 16.5. The van der Waals surface area contributed by atoms with Gasteiger partial charge in [0, 0.05) is 18.1 Å². The third kappa shape index (κ3) is 3.76. The van der Waals surface area contributed by atoms with Gasteiger partial charge >= 0.3 is 0 Å². The lowest BCUT2D eigenvalue weighted by Gasteiger charge is -2.28. The first-order valence-corrected chi connectivity index (χ1v) is 8.67. The second-order valence-corrected chi connectivity index (χ2v) is 6.89. The van der Waals surface area contributed by atoms with Gasteiger partial charge in [0.25, 0.3) is 0 Å². The molecule has 0 bridgehead atoms. The number of imidazole rings is 1. The van der Waals surface area contributed by atoms with Gasteiger partial charge in [-0.25, -0.2) is 4.98 Å². The molecular formula is C16H18BrClN4O. The molecule has 122 valence electrons. The fourth-order valence-corrected chi connectivity index (χ4v) is 3.59. The Bertz CT molecular complexity index is 718. The normalized spacial score (nSPS) is 16.0. The van der Waals surface area contributed by atoms with Crippen molar-refractivity contribution in [1.82, 2.24) is 19.8 Å². The standard InChI is InChI=1S/C16H18BrClN4O/c1-11(12-4-2-3-5-13(12)18)20-16(23)10-21-6-7-22-14(17)8-19-15(22)9-21/h2-5,8,11H,6-7,9-10H2,1H3,(H,20,23)/t11-/m1/s1. The molecule has 1 aromatic carbocycles. The maximum atomic E-state index is 12.3. The molecule has 5 nitrogen and oxygen atoms in total. The van der Waals surface area contributed by atoms with Crippen molar-refractivity contribution >= 4 is 33.4 Å². The second kappa shape index (κ2) is 7.03. The molecule has 0 saturated heterocycles. The van der Waals surface area contributed by atoms with Gasteiger partial charge in [0.1, 0.15) is 10.4 Å². The molecule has 0 fully saturated rings. The minimum absolute atomic E-state index is 0.00325. The van der Waals surface area contributed by atoms with E-state index < -0.39 is 0 Å². The number of hydrogen-bond acceptors (Lipinski definition) is 3. The van der Waals surface area contributed by atoms with E-state index in [0.717, 1.165) is 29.1 Å². The van der Waals surface area contributed by atoms with Crippen LogP contribution in [0, 0.1) is 0 Å². The van der Waals surface area contributed by atoms with Crippen LogP contribution in [0.2, 0.25) is 5.02 Å². The van der Waals surface area contributed by atoms with Gasteiger partial charge in [-0.15, -0.1) is 0 Å². The summed E-state index contributed by atoms with van der Waals surface area (Å²) in [6.45, 7) is 4.65. The van der Waals surface area contributed by atoms with Gasteiger partial charge in [0.2, 0.25) is 5.91 Å². The van der Waals surface area contributed by atoms with Crippen molar-refractivity contribution in [2.45, 2.75) is 26.1 Å². The molecule has 0 radical (unpaired) electrons. The van der Waals surface area contributed by atoms with Crippen LogP contribution < -0.4 is 5.32 Å². The largest absolute Gasteiger partial charge is 0.348 e. The number of hydrogen-bond donors (Lipinski definition) is 1. The number of amides is 1. The third-order valence-corrected chi connectivity index (χ3v) is 4.99. The zero-order valence-corrected chi connectivity index (χ0v) is 15.1. The predicted octanol–water partition coefficient (Wildman–Crippen LogP) is 2.99. The van der Waals surface area contributed by atoms with Crippen LogP contribution in [0.5, 0.6) is 0 Å². The Morgan fingerprint density at radius 3 is 3.00 bits per heavy atom. The number of halogens is 2. The maximum absolute atomic E-state index is 12.3. The van der Waals surface area contributed by atoms with E-state index in [1.807, 2.05) is 31.2 Å². The Labute approximate surface area is 148 Å². The quantitative estimate of drug-likeness (QED) is 0.863. The summed E-state index contributed by atoms with van der Waals surface area (Å²) in [7, 11) is 0. The average Bonchev–Trinajstić information content (AvgIpc) is 2.88. The molecule has 0 saturated carbocycles. The molecule has 1 aliphatic rings. The van der Waals surface area contributed by atoms with Crippen molar-refractivity contribution < 1.29 is 4.79 Å². The highest BCUT2D eigenvalue weighted by Crippen LogP contribution is 2.22. The fraction of sp³-hybridized carbons (Fsp3) is 0.375. The van der Waals surface area contributed by atoms with Gasteiger partial charge in [0.05, 0.1) is 25.3 Å². The van der Waals surface area contributed by atoms with Gasteiger partial charge < -0.3 is 9.88 Å². The molecule has 3 rings (SSSR count). The molecule has 7 heteroatoms. The summed E-state index contributed by atoms with van der Waals surface area (Å²) < 4.78 is 3.12. The number of carbonyl (C=O) groups excluding carboxylic acids is 1. The van der Waals surface area contributed by atoms with Crippen molar-refractivity contribution in [3.05, 3.63) is 51.5 Å². The molecular weight excluding hydrogens is 380 g/mol. The monoisotopic (exact) mass is 396 g/mol. The fourth-order valence-electron chi connectivity index (χ4n) is 2.80. The Balaban J connectivity index is 1.57. The van der Waals surface area contributed by atoms with Crippen molar-refractivity contribution in [2.24, 2.45) is 0 Å². The van der Waals surface area contributed by atoms with Crippen LogP contribution in [0.4, 0.5) is 0 Å². The Morgan fingerprint density at radius 2 is 2.22 bits per heavy atom. The SMILES string of the molecule is C[C@@H](NC(=O)CN1CCn2c(Br)cnc2C1)c1ccccc1Cl. The number of nitrogens with one attached hydrogen (secondary N) is 1. The van der Waals surface area contributed by atoms with Gasteiger partial charge in [-0.3, -0.25) is 9.69 Å². The van der Waals surface area contributed by atoms with Gasteiger partial charge in [0.15, 0.2) is 0 Å². The van der Waals surface area contributed by atoms with Crippen molar-refractivity contribution in [3.63, 3.8) is 0 Å². The van der Waals surface area contributed by atoms with Crippen LogP contribution in [0.25, 0.3) is 0 Å². The minimum Gasteiger partial charge on any atom is -0.348 e. The van der Waals surface area contributed by atoms with E-state index in [1.54, 1.807) is 6.20 Å². The molecule has 1 atom stereocenters. The number of rotatable bonds is 4. The number of nitrogens with zero attached hydrogens (tertiary/aromatic N) is 3. The number of benzene rings is 1. The van der Waals surface area contributed by atoms with Crippen LogP contribution in [0.15, 0.2) is 35.1 Å². The summed E-state index contributed by atoms with van der Waals surface area (Å²) in [5, 5.41) is 3.68. The first-order chi connectivity index (χ1) is 11.0. The molecule has 1 aliphatic heterocycles. The summed E-state index contributed by atoms with van der Waals surface area (Å²) in [5.41, 5.74) is 0.931. The lowest BCUT2D eigenvalue weighted by atomic mass is 10.1. The maximum Gasteiger partial charge on any atom is 0.234 e. The van der Waals surface area contributed by atoms with Crippen LogP contribution in [0.1, 0.15) is 24.4 Å². The van der Waals surface area contributed by atoms with Crippen LogP contribution in [-0.2, 0) is 17.9 Å². The number of carbonyl (C=O) groups is 1. The zero-order valence-electron chi connectivity index (χ0n) is 12.8. The van der Waals surface area contributed by atoms with Crippen LogP contribution >= 0.6 is 27.5 Å². The molecule has 2 heterocycles. The Kier molecular flexibility index (Phi) is 5.04. The lowest BCUT2D eigenvalue weighted by Crippen LogP contribution is -2.42. The molecule has 0 spiro atoms. The summed E-state index contributed by atoms with van der Waals surface area (Å²) in [4.78, 5) is 18.8. The summed E-state index contributed by atoms with van der Waals surface area (Å²) in [6.07, 6.45) is 1.80. The highest BCUT2D eigenvalue weighted by Gasteiger charge is 2.21. The van der Waals surface area contributed by atoms with E-state index in [0.29, 0.717) is 18.1 Å². The lowest BCUT2D eigenvalue weighted by molar-refractivity contribution is -0.123. The molecule has 23 heavy (non-hydrogen) atoms. The Hall–Kier alpha value is -1.37. The smallest absolute Gasteiger partial charge is 0.234 e. The van der Waals surface area contributed by atoms with Crippen molar-refractivity contribution in [2.75, 3.05) is 13.1 Å². The summed E-state index contributed by atoms with van der Waals surface area (Å²) in [5.74, 6) is 0.978. The first-order valence-electron chi connectivity index (χ1n) is 7.50.